The number of rotatable bonds is 5. The van der Waals surface area contributed by atoms with Crippen molar-refractivity contribution < 1.29 is 4.74 Å². The fraction of sp³-hybridized carbons (Fsp3) is 0.250. The summed E-state index contributed by atoms with van der Waals surface area (Å²) in [6.07, 6.45) is 6.70. The summed E-state index contributed by atoms with van der Waals surface area (Å²) in [5.41, 5.74) is 3.30. The van der Waals surface area contributed by atoms with Crippen LogP contribution < -0.4 is 4.74 Å². The topological polar surface area (TPSA) is 57.8 Å². The van der Waals surface area contributed by atoms with Crippen molar-refractivity contribution in [1.82, 2.24) is 24.5 Å². The highest BCUT2D eigenvalue weighted by atomic mass is 32.1. The van der Waals surface area contributed by atoms with Crippen LogP contribution in [0.4, 0.5) is 0 Å². The van der Waals surface area contributed by atoms with Crippen molar-refractivity contribution in [3.8, 4) is 16.3 Å². The smallest absolute Gasteiger partial charge is 0.123 e. The van der Waals surface area contributed by atoms with Gasteiger partial charge in [0.25, 0.3) is 0 Å². The molecule has 0 amide bonds. The first-order valence-electron chi connectivity index (χ1n) is 8.72. The van der Waals surface area contributed by atoms with Crippen LogP contribution in [0.25, 0.3) is 10.6 Å². The van der Waals surface area contributed by atoms with Crippen LogP contribution >= 0.6 is 11.3 Å². The monoisotopic (exact) mass is 381 g/mol. The summed E-state index contributed by atoms with van der Waals surface area (Å²) in [6, 6.07) is 11.9. The van der Waals surface area contributed by atoms with Gasteiger partial charge in [-0.1, -0.05) is 6.92 Å². The Hall–Kier alpha value is -2.93. The van der Waals surface area contributed by atoms with Crippen molar-refractivity contribution in [3.05, 3.63) is 71.8 Å². The Morgan fingerprint density at radius 1 is 1.07 bits per heavy atom. The molecule has 0 aliphatic rings. The first-order valence-corrected chi connectivity index (χ1v) is 9.60. The minimum atomic E-state index is 0.708. The molecular weight excluding hydrogens is 358 g/mol. The van der Waals surface area contributed by atoms with Gasteiger partial charge in [0.15, 0.2) is 0 Å². The number of methoxy groups -OCH3 is 1. The van der Waals surface area contributed by atoms with Crippen molar-refractivity contribution in [2.24, 2.45) is 7.05 Å². The minimum absolute atomic E-state index is 0.708. The summed E-state index contributed by atoms with van der Waals surface area (Å²) in [5.74, 6) is 0.858. The number of benzene rings is 1. The van der Waals surface area contributed by atoms with Crippen LogP contribution in [0.3, 0.4) is 0 Å². The number of hydrogen-bond donors (Lipinski definition) is 0. The third-order valence-electron chi connectivity index (χ3n) is 3.90. The van der Waals surface area contributed by atoms with E-state index in [0.717, 1.165) is 34.1 Å². The molecule has 0 N–H and O–H groups in total. The van der Waals surface area contributed by atoms with Gasteiger partial charge in [-0.25, -0.2) is 4.98 Å². The van der Waals surface area contributed by atoms with Crippen molar-refractivity contribution in [2.45, 2.75) is 19.9 Å². The Morgan fingerprint density at radius 2 is 1.89 bits per heavy atom. The second-order valence-electron chi connectivity index (χ2n) is 5.91. The molecule has 4 rings (SSSR count). The minimum Gasteiger partial charge on any atom is -0.497 e. The van der Waals surface area contributed by atoms with Crippen molar-refractivity contribution in [2.75, 3.05) is 7.11 Å². The zero-order chi connectivity index (χ0) is 19.1. The molecule has 0 spiro atoms. The highest BCUT2D eigenvalue weighted by molar-refractivity contribution is 7.13. The van der Waals surface area contributed by atoms with Crippen LogP contribution in [0.5, 0.6) is 5.75 Å². The maximum Gasteiger partial charge on any atom is 0.123 e. The Bertz CT molecular complexity index is 941. The molecule has 3 heterocycles. The molecule has 0 bridgehead atoms. The normalized spacial score (nSPS) is 10.3. The Balaban J connectivity index is 0.000000221. The molecule has 0 unspecified atom stereocenters. The average Bonchev–Trinajstić information content (AvgIpc) is 3.45. The molecule has 0 fully saturated rings. The lowest BCUT2D eigenvalue weighted by Crippen LogP contribution is -1.99. The molecule has 0 radical (unpaired) electrons. The number of aromatic nitrogens is 5. The second kappa shape index (κ2) is 9.14. The predicted molar refractivity (Wildman–Crippen MR) is 108 cm³/mol. The van der Waals surface area contributed by atoms with Gasteiger partial charge in [-0.15, -0.1) is 11.3 Å². The van der Waals surface area contributed by atoms with E-state index in [0.29, 0.717) is 6.54 Å². The fourth-order valence-corrected chi connectivity index (χ4v) is 3.27. The second-order valence-corrected chi connectivity index (χ2v) is 6.77. The largest absolute Gasteiger partial charge is 0.497 e. The molecule has 140 valence electrons. The number of hydrogen-bond acceptors (Lipinski definition) is 5. The first kappa shape index (κ1) is 18.8. The zero-order valence-corrected chi connectivity index (χ0v) is 16.6. The van der Waals surface area contributed by atoms with E-state index in [1.165, 1.54) is 0 Å². The molecule has 0 aliphatic carbocycles. The molecule has 7 heteroatoms. The van der Waals surface area contributed by atoms with Crippen molar-refractivity contribution in [3.63, 3.8) is 0 Å². The number of thiazole rings is 1. The maximum absolute atomic E-state index is 5.15. The van der Waals surface area contributed by atoms with E-state index in [9.17, 15) is 0 Å². The van der Waals surface area contributed by atoms with E-state index in [2.05, 4.69) is 27.5 Å². The van der Waals surface area contributed by atoms with Gasteiger partial charge in [0, 0.05) is 36.6 Å². The molecule has 0 saturated heterocycles. The SMILES string of the molecule is CCc1ccn(C)n1.COc1ccc(-c2nc(Cn3cccn3)cs2)cc1. The van der Waals surface area contributed by atoms with Gasteiger partial charge in [0.05, 0.1) is 25.0 Å². The molecule has 0 saturated carbocycles. The van der Waals surface area contributed by atoms with Crippen LogP contribution in [0, 0.1) is 0 Å². The lowest BCUT2D eigenvalue weighted by atomic mass is 10.2. The Kier molecular flexibility index (Phi) is 6.38. The molecule has 0 atom stereocenters. The van der Waals surface area contributed by atoms with E-state index in [1.807, 2.05) is 65.2 Å². The predicted octanol–water partition coefficient (Wildman–Crippen LogP) is 4.05. The summed E-state index contributed by atoms with van der Waals surface area (Å²) in [7, 11) is 3.60. The number of nitrogens with zero attached hydrogens (tertiary/aromatic N) is 5. The summed E-state index contributed by atoms with van der Waals surface area (Å²) < 4.78 is 8.84. The van der Waals surface area contributed by atoms with Crippen LogP contribution in [0.2, 0.25) is 0 Å². The van der Waals surface area contributed by atoms with Gasteiger partial charge in [-0.3, -0.25) is 9.36 Å². The number of ether oxygens (including phenoxy) is 1. The zero-order valence-electron chi connectivity index (χ0n) is 15.7. The molecule has 6 nitrogen and oxygen atoms in total. The quantitative estimate of drug-likeness (QED) is 0.523. The lowest BCUT2D eigenvalue weighted by molar-refractivity contribution is 0.415. The first-order chi connectivity index (χ1) is 13.2. The third-order valence-corrected chi connectivity index (χ3v) is 4.84. The maximum atomic E-state index is 5.15. The Labute approximate surface area is 163 Å². The molecular formula is C20H23N5OS. The van der Waals surface area contributed by atoms with Gasteiger partial charge in [0.2, 0.25) is 0 Å². The van der Waals surface area contributed by atoms with Gasteiger partial charge < -0.3 is 4.74 Å². The van der Waals surface area contributed by atoms with Crippen LogP contribution in [-0.4, -0.2) is 31.7 Å². The molecule has 4 aromatic rings. The van der Waals surface area contributed by atoms with E-state index in [-0.39, 0.29) is 0 Å². The summed E-state index contributed by atoms with van der Waals surface area (Å²) in [6.45, 7) is 2.81. The van der Waals surface area contributed by atoms with Crippen molar-refractivity contribution in [1.29, 1.82) is 0 Å². The highest BCUT2D eigenvalue weighted by Crippen LogP contribution is 2.25. The average molecular weight is 382 g/mol. The van der Waals surface area contributed by atoms with Gasteiger partial charge >= 0.3 is 0 Å². The Morgan fingerprint density at radius 3 is 2.44 bits per heavy atom. The summed E-state index contributed by atoms with van der Waals surface area (Å²) >= 11 is 1.64. The summed E-state index contributed by atoms with van der Waals surface area (Å²) in [5, 5.41) is 11.4. The van der Waals surface area contributed by atoms with Gasteiger partial charge in [0.1, 0.15) is 10.8 Å². The van der Waals surface area contributed by atoms with E-state index >= 15 is 0 Å². The lowest BCUT2D eigenvalue weighted by Gasteiger charge is -2.00. The van der Waals surface area contributed by atoms with Gasteiger partial charge in [-0.05, 0) is 42.8 Å². The molecule has 1 aromatic carbocycles. The van der Waals surface area contributed by atoms with E-state index < -0.39 is 0 Å². The van der Waals surface area contributed by atoms with E-state index in [4.69, 9.17) is 4.74 Å². The number of aryl methyl sites for hydroxylation is 2. The van der Waals surface area contributed by atoms with Gasteiger partial charge in [-0.2, -0.15) is 10.2 Å². The summed E-state index contributed by atoms with van der Waals surface area (Å²) in [4.78, 5) is 4.63. The molecule has 0 aliphatic heterocycles. The van der Waals surface area contributed by atoms with Crippen LogP contribution in [0.15, 0.2) is 60.4 Å². The van der Waals surface area contributed by atoms with E-state index in [1.54, 1.807) is 24.6 Å². The molecule has 27 heavy (non-hydrogen) atoms. The fourth-order valence-electron chi connectivity index (χ4n) is 2.46. The molecule has 3 aromatic heterocycles. The highest BCUT2D eigenvalue weighted by Gasteiger charge is 2.05. The third kappa shape index (κ3) is 5.27. The van der Waals surface area contributed by atoms with Crippen molar-refractivity contribution >= 4 is 11.3 Å². The standard InChI is InChI=1S/C14H13N3OS.C6H10N2/c1-18-13-5-3-11(4-6-13)14-16-12(10-19-14)9-17-8-2-7-15-17;1-3-6-4-5-8(2)7-6/h2-8,10H,9H2,1H3;4-5H,3H2,1-2H3. The van der Waals surface area contributed by atoms with Crippen LogP contribution in [-0.2, 0) is 20.0 Å². The van der Waals surface area contributed by atoms with Crippen LogP contribution in [0.1, 0.15) is 18.3 Å².